The molecule has 2 rings (SSSR count). The monoisotopic (exact) mass is 322 g/mol. The maximum absolute atomic E-state index is 13.7. The lowest BCUT2D eigenvalue weighted by atomic mass is 10.0. The van der Waals surface area contributed by atoms with Gasteiger partial charge >= 0.3 is 5.97 Å². The van der Waals surface area contributed by atoms with Crippen molar-refractivity contribution in [3.63, 3.8) is 0 Å². The number of pyridine rings is 1. The van der Waals surface area contributed by atoms with Gasteiger partial charge in [0.15, 0.2) is 0 Å². The Labute approximate surface area is 132 Å². The molecule has 1 aromatic heterocycles. The van der Waals surface area contributed by atoms with Crippen molar-refractivity contribution in [3.05, 3.63) is 45.1 Å². The molecule has 1 aliphatic heterocycles. The van der Waals surface area contributed by atoms with Crippen LogP contribution in [0.5, 0.6) is 0 Å². The van der Waals surface area contributed by atoms with Crippen molar-refractivity contribution in [1.82, 2.24) is 9.88 Å². The largest absolute Gasteiger partial charge is 0.461 e. The molecule has 1 N–H and O–H groups in total. The van der Waals surface area contributed by atoms with E-state index in [4.69, 9.17) is 0 Å². The molecule has 0 unspecified atom stereocenters. The molecular formula is C16H19FN2O4. The number of aromatic nitrogens is 1. The maximum atomic E-state index is 13.7. The Morgan fingerprint density at radius 1 is 1.35 bits per heavy atom. The summed E-state index contributed by atoms with van der Waals surface area (Å²) in [6.45, 7) is 5.48. The van der Waals surface area contributed by atoms with Crippen molar-refractivity contribution >= 4 is 11.9 Å². The van der Waals surface area contributed by atoms with Crippen molar-refractivity contribution in [2.75, 3.05) is 19.7 Å². The lowest BCUT2D eigenvalue weighted by molar-refractivity contribution is -0.140. The first-order valence-electron chi connectivity index (χ1n) is 7.42. The van der Waals surface area contributed by atoms with Gasteiger partial charge in [0.1, 0.15) is 5.56 Å². The topological polar surface area (TPSA) is 79.5 Å². The number of esters is 1. The first-order valence-corrected chi connectivity index (χ1v) is 7.42. The van der Waals surface area contributed by atoms with Gasteiger partial charge in [0, 0.05) is 24.4 Å². The lowest BCUT2D eigenvalue weighted by Crippen LogP contribution is -2.47. The van der Waals surface area contributed by atoms with Crippen molar-refractivity contribution < 1.29 is 18.7 Å². The molecule has 0 radical (unpaired) electrons. The van der Waals surface area contributed by atoms with E-state index in [1.54, 1.807) is 13.0 Å². The van der Waals surface area contributed by atoms with Crippen molar-refractivity contribution in [2.24, 2.45) is 0 Å². The van der Waals surface area contributed by atoms with E-state index in [0.717, 1.165) is 5.69 Å². The second kappa shape index (κ2) is 6.76. The van der Waals surface area contributed by atoms with Gasteiger partial charge in [0.25, 0.3) is 11.5 Å². The van der Waals surface area contributed by atoms with Gasteiger partial charge in [0.2, 0.25) is 5.83 Å². The first-order chi connectivity index (χ1) is 10.8. The van der Waals surface area contributed by atoms with E-state index in [-0.39, 0.29) is 36.8 Å². The van der Waals surface area contributed by atoms with Gasteiger partial charge in [-0.1, -0.05) is 13.8 Å². The fourth-order valence-electron chi connectivity index (χ4n) is 2.20. The van der Waals surface area contributed by atoms with Gasteiger partial charge in [0.05, 0.1) is 6.61 Å². The number of carbonyl (C=O) groups excluding carboxylic acids is 2. The van der Waals surface area contributed by atoms with E-state index in [1.807, 2.05) is 13.8 Å². The Kier molecular flexibility index (Phi) is 4.98. The van der Waals surface area contributed by atoms with Crippen LogP contribution in [0.15, 0.2) is 28.3 Å². The summed E-state index contributed by atoms with van der Waals surface area (Å²) in [7, 11) is 0. The number of halogens is 1. The van der Waals surface area contributed by atoms with Gasteiger partial charge in [-0.15, -0.1) is 0 Å². The summed E-state index contributed by atoms with van der Waals surface area (Å²) in [5, 5.41) is 0. The molecule has 23 heavy (non-hydrogen) atoms. The highest BCUT2D eigenvalue weighted by Gasteiger charge is 2.32. The van der Waals surface area contributed by atoms with E-state index in [9.17, 15) is 18.8 Å². The Morgan fingerprint density at radius 2 is 2.00 bits per heavy atom. The van der Waals surface area contributed by atoms with Crippen LogP contribution in [0.25, 0.3) is 0 Å². The quantitative estimate of drug-likeness (QED) is 0.676. The average Bonchev–Trinajstić information content (AvgIpc) is 2.45. The van der Waals surface area contributed by atoms with Gasteiger partial charge in [-0.2, -0.15) is 4.39 Å². The molecule has 0 spiro atoms. The molecule has 1 aromatic rings. The predicted octanol–water partition coefficient (Wildman–Crippen LogP) is 1.74. The molecule has 1 aliphatic rings. The highest BCUT2D eigenvalue weighted by molar-refractivity contribution is 5.96. The molecule has 0 saturated carbocycles. The minimum absolute atomic E-state index is 0.00462. The smallest absolute Gasteiger partial charge is 0.367 e. The van der Waals surface area contributed by atoms with Gasteiger partial charge < -0.3 is 14.6 Å². The molecule has 6 nitrogen and oxygen atoms in total. The number of H-pyrrole nitrogens is 1. The number of hydrogen-bond acceptors (Lipinski definition) is 4. The third kappa shape index (κ3) is 3.49. The van der Waals surface area contributed by atoms with E-state index in [2.05, 4.69) is 9.72 Å². The Morgan fingerprint density at radius 3 is 2.52 bits per heavy atom. The minimum atomic E-state index is -1.02. The standard InChI is InChI=1S/C16H19FN2O4/c1-4-23-16(22)13(17)10-7-19(8-10)15(21)11-5-6-12(9(2)3)18-14(11)20/h5-6,9H,4,7-8H2,1-3H3,(H,18,20). The molecular weight excluding hydrogens is 303 g/mol. The van der Waals surface area contributed by atoms with Crippen molar-refractivity contribution in [2.45, 2.75) is 26.7 Å². The second-order valence-corrected chi connectivity index (χ2v) is 5.61. The molecule has 1 fully saturated rings. The van der Waals surface area contributed by atoms with Gasteiger partial charge in [-0.25, -0.2) is 4.79 Å². The summed E-state index contributed by atoms with van der Waals surface area (Å²) in [5.41, 5.74) is 0.477. The molecule has 0 aliphatic carbocycles. The number of aromatic amines is 1. The summed E-state index contributed by atoms with van der Waals surface area (Å²) >= 11 is 0. The number of nitrogens with zero attached hydrogens (tertiary/aromatic N) is 1. The zero-order valence-corrected chi connectivity index (χ0v) is 13.3. The Hall–Kier alpha value is -2.44. The third-order valence-electron chi connectivity index (χ3n) is 3.60. The van der Waals surface area contributed by atoms with Crippen LogP contribution < -0.4 is 5.56 Å². The molecule has 124 valence electrons. The molecule has 2 heterocycles. The molecule has 0 atom stereocenters. The number of rotatable bonds is 4. The zero-order chi connectivity index (χ0) is 17.1. The molecule has 1 saturated heterocycles. The fourth-order valence-corrected chi connectivity index (χ4v) is 2.20. The SMILES string of the molecule is CCOC(=O)C(F)=C1CN(C(=O)c2ccc(C(C)C)[nH]c2=O)C1. The number of ether oxygens (including phenoxy) is 1. The second-order valence-electron chi connectivity index (χ2n) is 5.61. The van der Waals surface area contributed by atoms with E-state index in [1.165, 1.54) is 11.0 Å². The summed E-state index contributed by atoms with van der Waals surface area (Å²) in [6, 6.07) is 3.16. The zero-order valence-electron chi connectivity index (χ0n) is 13.3. The molecule has 0 aromatic carbocycles. The third-order valence-corrected chi connectivity index (χ3v) is 3.60. The van der Waals surface area contributed by atoms with Crippen molar-refractivity contribution in [3.8, 4) is 0 Å². The Balaban J connectivity index is 2.09. The van der Waals surface area contributed by atoms with Crippen LogP contribution in [0.3, 0.4) is 0 Å². The van der Waals surface area contributed by atoms with E-state index < -0.39 is 23.3 Å². The molecule has 1 amide bonds. The number of likely N-dealkylation sites (tertiary alicyclic amines) is 1. The lowest BCUT2D eigenvalue weighted by Gasteiger charge is -2.33. The van der Waals surface area contributed by atoms with Crippen LogP contribution in [0.2, 0.25) is 0 Å². The minimum Gasteiger partial charge on any atom is -0.461 e. The normalized spacial score (nSPS) is 13.8. The number of carbonyl (C=O) groups is 2. The van der Waals surface area contributed by atoms with Gasteiger partial charge in [-0.05, 0) is 25.0 Å². The van der Waals surface area contributed by atoms with Crippen LogP contribution in [0, 0.1) is 0 Å². The van der Waals surface area contributed by atoms with Gasteiger partial charge in [-0.3, -0.25) is 9.59 Å². The summed E-state index contributed by atoms with van der Waals surface area (Å²) < 4.78 is 18.3. The van der Waals surface area contributed by atoms with E-state index >= 15 is 0 Å². The molecule has 7 heteroatoms. The first kappa shape index (κ1) is 16.9. The van der Waals surface area contributed by atoms with E-state index in [0.29, 0.717) is 0 Å². The highest BCUT2D eigenvalue weighted by Crippen LogP contribution is 2.22. The Bertz CT molecular complexity index is 713. The van der Waals surface area contributed by atoms with Crippen LogP contribution in [0.1, 0.15) is 42.7 Å². The highest BCUT2D eigenvalue weighted by atomic mass is 19.1. The van der Waals surface area contributed by atoms with Crippen LogP contribution >= 0.6 is 0 Å². The summed E-state index contributed by atoms with van der Waals surface area (Å²) in [6.07, 6.45) is 0. The van der Waals surface area contributed by atoms with Crippen LogP contribution in [0.4, 0.5) is 4.39 Å². The van der Waals surface area contributed by atoms with Crippen LogP contribution in [-0.2, 0) is 9.53 Å². The number of hydrogen-bond donors (Lipinski definition) is 1. The van der Waals surface area contributed by atoms with Crippen molar-refractivity contribution in [1.29, 1.82) is 0 Å². The number of nitrogens with one attached hydrogen (secondary N) is 1. The molecule has 0 bridgehead atoms. The predicted molar refractivity (Wildman–Crippen MR) is 81.8 cm³/mol. The fraction of sp³-hybridized carbons (Fsp3) is 0.438. The summed E-state index contributed by atoms with van der Waals surface area (Å²) in [4.78, 5) is 39.4. The maximum Gasteiger partial charge on any atom is 0.367 e. The van der Waals surface area contributed by atoms with Crippen LogP contribution in [-0.4, -0.2) is 41.5 Å². The summed E-state index contributed by atoms with van der Waals surface area (Å²) in [5.74, 6) is -2.32. The average molecular weight is 322 g/mol. The number of amides is 1.